The van der Waals surface area contributed by atoms with Crippen LogP contribution in [0.1, 0.15) is 16.1 Å². The van der Waals surface area contributed by atoms with E-state index in [9.17, 15) is 9.59 Å². The first-order valence-electron chi connectivity index (χ1n) is 8.04. The summed E-state index contributed by atoms with van der Waals surface area (Å²) in [6.07, 6.45) is 1.53. The Morgan fingerprint density at radius 3 is 2.42 bits per heavy atom. The van der Waals surface area contributed by atoms with Gasteiger partial charge in [-0.3, -0.25) is 14.5 Å². The molecule has 1 N–H and O–H groups in total. The normalized spacial score (nSPS) is 15.3. The van der Waals surface area contributed by atoms with Gasteiger partial charge in [0.2, 0.25) is 5.91 Å². The summed E-state index contributed by atoms with van der Waals surface area (Å²) in [5, 5.41) is 2.88. The molecule has 0 aliphatic carbocycles. The molecule has 1 aromatic carbocycles. The van der Waals surface area contributed by atoms with Crippen LogP contribution in [0.2, 0.25) is 0 Å². The second-order valence-corrected chi connectivity index (χ2v) is 5.87. The van der Waals surface area contributed by atoms with Crippen molar-refractivity contribution in [2.24, 2.45) is 0 Å². The topological polar surface area (TPSA) is 65.8 Å². The SMILES string of the molecule is Cc1occc1C(=O)N1CCN(CC(=O)Nc2ccccc2)CC1. The molecule has 3 rings (SSSR count). The van der Waals surface area contributed by atoms with Gasteiger partial charge in [-0.15, -0.1) is 0 Å². The number of hydrogen-bond donors (Lipinski definition) is 1. The van der Waals surface area contributed by atoms with E-state index in [0.717, 1.165) is 5.69 Å². The van der Waals surface area contributed by atoms with Gasteiger partial charge in [-0.05, 0) is 25.1 Å². The van der Waals surface area contributed by atoms with Crippen molar-refractivity contribution in [1.29, 1.82) is 0 Å². The van der Waals surface area contributed by atoms with Crippen LogP contribution in [0, 0.1) is 6.92 Å². The fourth-order valence-corrected chi connectivity index (χ4v) is 2.81. The van der Waals surface area contributed by atoms with E-state index in [-0.39, 0.29) is 11.8 Å². The van der Waals surface area contributed by atoms with Crippen molar-refractivity contribution in [2.45, 2.75) is 6.92 Å². The zero-order valence-electron chi connectivity index (χ0n) is 13.7. The van der Waals surface area contributed by atoms with Gasteiger partial charge in [0.05, 0.1) is 18.4 Å². The quantitative estimate of drug-likeness (QED) is 0.932. The molecule has 6 nitrogen and oxygen atoms in total. The molecule has 2 aromatic rings. The third-order valence-electron chi connectivity index (χ3n) is 4.17. The first kappa shape index (κ1) is 16.3. The van der Waals surface area contributed by atoms with Crippen LogP contribution in [0.5, 0.6) is 0 Å². The number of benzene rings is 1. The summed E-state index contributed by atoms with van der Waals surface area (Å²) >= 11 is 0. The number of hydrogen-bond acceptors (Lipinski definition) is 4. The minimum Gasteiger partial charge on any atom is -0.469 e. The third-order valence-corrected chi connectivity index (χ3v) is 4.17. The standard InChI is InChI=1S/C18H21N3O3/c1-14-16(7-12-24-14)18(23)21-10-8-20(9-11-21)13-17(22)19-15-5-3-2-4-6-15/h2-7,12H,8-11,13H2,1H3,(H,19,22). The number of nitrogens with one attached hydrogen (secondary N) is 1. The van der Waals surface area contributed by atoms with Crippen LogP contribution in [0.15, 0.2) is 47.1 Å². The Kier molecular flexibility index (Phi) is 4.96. The van der Waals surface area contributed by atoms with E-state index in [1.807, 2.05) is 35.2 Å². The molecule has 0 atom stereocenters. The second-order valence-electron chi connectivity index (χ2n) is 5.87. The van der Waals surface area contributed by atoms with Crippen LogP contribution in [-0.2, 0) is 4.79 Å². The average Bonchev–Trinajstić information content (AvgIpc) is 3.02. The zero-order chi connectivity index (χ0) is 16.9. The molecule has 1 saturated heterocycles. The maximum Gasteiger partial charge on any atom is 0.257 e. The zero-order valence-corrected chi connectivity index (χ0v) is 13.7. The summed E-state index contributed by atoms with van der Waals surface area (Å²) in [4.78, 5) is 28.4. The van der Waals surface area contributed by atoms with Gasteiger partial charge < -0.3 is 14.6 Å². The van der Waals surface area contributed by atoms with Crippen molar-refractivity contribution >= 4 is 17.5 Å². The lowest BCUT2D eigenvalue weighted by atomic mass is 10.2. The minimum absolute atomic E-state index is 0.00497. The number of carbonyl (C=O) groups is 2. The average molecular weight is 327 g/mol. The highest BCUT2D eigenvalue weighted by molar-refractivity contribution is 5.95. The number of amides is 2. The number of nitrogens with zero attached hydrogens (tertiary/aromatic N) is 2. The fourth-order valence-electron chi connectivity index (χ4n) is 2.81. The Balaban J connectivity index is 1.48. The van der Waals surface area contributed by atoms with E-state index >= 15 is 0 Å². The van der Waals surface area contributed by atoms with E-state index in [1.165, 1.54) is 6.26 Å². The van der Waals surface area contributed by atoms with Crippen molar-refractivity contribution in [2.75, 3.05) is 38.0 Å². The molecule has 0 saturated carbocycles. The molecular formula is C18H21N3O3. The Bertz CT molecular complexity index is 703. The molecule has 6 heteroatoms. The number of aryl methyl sites for hydroxylation is 1. The first-order valence-corrected chi connectivity index (χ1v) is 8.04. The maximum absolute atomic E-state index is 12.4. The van der Waals surface area contributed by atoms with E-state index in [1.54, 1.807) is 13.0 Å². The van der Waals surface area contributed by atoms with Crippen LogP contribution in [0.4, 0.5) is 5.69 Å². The molecule has 1 aliphatic rings. The summed E-state index contributed by atoms with van der Waals surface area (Å²) in [6, 6.07) is 11.1. The predicted molar refractivity (Wildman–Crippen MR) is 90.9 cm³/mol. The smallest absolute Gasteiger partial charge is 0.257 e. The van der Waals surface area contributed by atoms with E-state index in [2.05, 4.69) is 10.2 Å². The molecular weight excluding hydrogens is 306 g/mol. The second kappa shape index (κ2) is 7.31. The maximum atomic E-state index is 12.4. The highest BCUT2D eigenvalue weighted by atomic mass is 16.3. The van der Waals surface area contributed by atoms with Crippen LogP contribution in [0.25, 0.3) is 0 Å². The van der Waals surface area contributed by atoms with E-state index in [0.29, 0.717) is 44.0 Å². The van der Waals surface area contributed by atoms with Gasteiger partial charge in [-0.2, -0.15) is 0 Å². The molecule has 1 fully saturated rings. The number of rotatable bonds is 4. The Morgan fingerprint density at radius 2 is 1.79 bits per heavy atom. The molecule has 0 bridgehead atoms. The van der Waals surface area contributed by atoms with E-state index in [4.69, 9.17) is 4.42 Å². The summed E-state index contributed by atoms with van der Waals surface area (Å²) in [6.45, 7) is 4.72. The van der Waals surface area contributed by atoms with Crippen LogP contribution >= 0.6 is 0 Å². The molecule has 1 aromatic heterocycles. The lowest BCUT2D eigenvalue weighted by Crippen LogP contribution is -2.50. The Hall–Kier alpha value is -2.60. The Labute approximate surface area is 141 Å². The van der Waals surface area contributed by atoms with Crippen molar-refractivity contribution in [3.8, 4) is 0 Å². The van der Waals surface area contributed by atoms with Gasteiger partial charge in [0.1, 0.15) is 5.76 Å². The molecule has 0 spiro atoms. The predicted octanol–water partition coefficient (Wildman–Crippen LogP) is 1.98. The Morgan fingerprint density at radius 1 is 1.08 bits per heavy atom. The van der Waals surface area contributed by atoms with Gasteiger partial charge in [-0.25, -0.2) is 0 Å². The number of furan rings is 1. The van der Waals surface area contributed by atoms with E-state index < -0.39 is 0 Å². The van der Waals surface area contributed by atoms with Crippen LogP contribution < -0.4 is 5.32 Å². The van der Waals surface area contributed by atoms with Gasteiger partial charge in [0.25, 0.3) is 5.91 Å². The monoisotopic (exact) mass is 327 g/mol. The van der Waals surface area contributed by atoms with Crippen molar-refractivity contribution in [1.82, 2.24) is 9.80 Å². The largest absolute Gasteiger partial charge is 0.469 e. The van der Waals surface area contributed by atoms with Gasteiger partial charge in [0.15, 0.2) is 0 Å². The molecule has 126 valence electrons. The van der Waals surface area contributed by atoms with Gasteiger partial charge in [-0.1, -0.05) is 18.2 Å². The molecule has 1 aliphatic heterocycles. The van der Waals surface area contributed by atoms with Crippen molar-refractivity contribution in [3.63, 3.8) is 0 Å². The summed E-state index contributed by atoms with van der Waals surface area (Å²) in [7, 11) is 0. The number of carbonyl (C=O) groups excluding carboxylic acids is 2. The lowest BCUT2D eigenvalue weighted by Gasteiger charge is -2.34. The molecule has 24 heavy (non-hydrogen) atoms. The first-order chi connectivity index (χ1) is 11.6. The molecule has 0 radical (unpaired) electrons. The minimum atomic E-state index is -0.0355. The molecule has 2 heterocycles. The summed E-state index contributed by atoms with van der Waals surface area (Å²) < 4.78 is 5.20. The van der Waals surface area contributed by atoms with Gasteiger partial charge >= 0.3 is 0 Å². The lowest BCUT2D eigenvalue weighted by molar-refractivity contribution is -0.117. The summed E-state index contributed by atoms with van der Waals surface area (Å²) in [5.74, 6) is 0.603. The number of piperazine rings is 1. The highest BCUT2D eigenvalue weighted by Gasteiger charge is 2.24. The molecule has 2 amide bonds. The number of para-hydroxylation sites is 1. The van der Waals surface area contributed by atoms with Gasteiger partial charge in [0, 0.05) is 31.9 Å². The van der Waals surface area contributed by atoms with Crippen LogP contribution in [-0.4, -0.2) is 54.3 Å². The van der Waals surface area contributed by atoms with Crippen molar-refractivity contribution in [3.05, 3.63) is 54.0 Å². The fraction of sp³-hybridized carbons (Fsp3) is 0.333. The molecule has 0 unspecified atom stereocenters. The third kappa shape index (κ3) is 3.83. The van der Waals surface area contributed by atoms with Crippen molar-refractivity contribution < 1.29 is 14.0 Å². The summed E-state index contributed by atoms with van der Waals surface area (Å²) in [5.41, 5.74) is 1.41. The highest BCUT2D eigenvalue weighted by Crippen LogP contribution is 2.14. The number of anilines is 1. The van der Waals surface area contributed by atoms with Crippen LogP contribution in [0.3, 0.4) is 0 Å².